The molecule has 0 saturated carbocycles. The van der Waals surface area contributed by atoms with Crippen LogP contribution in [0.15, 0.2) is 47.4 Å². The number of imidazole rings is 1. The van der Waals surface area contributed by atoms with Gasteiger partial charge in [0.1, 0.15) is 18.2 Å². The summed E-state index contributed by atoms with van der Waals surface area (Å²) >= 11 is 0. The predicted molar refractivity (Wildman–Crippen MR) is 173 cm³/mol. The first-order valence-corrected chi connectivity index (χ1v) is 15.3. The van der Waals surface area contributed by atoms with E-state index in [-0.39, 0.29) is 29.5 Å². The molecule has 4 heterocycles. The minimum absolute atomic E-state index is 0.171. The third-order valence-corrected chi connectivity index (χ3v) is 8.46. The van der Waals surface area contributed by atoms with Gasteiger partial charge in [0.2, 0.25) is 0 Å². The molecule has 1 atom stereocenters. The Hall–Kier alpha value is -4.77. The lowest BCUT2D eigenvalue weighted by Crippen LogP contribution is -2.48. The first-order valence-electron chi connectivity index (χ1n) is 15.3. The van der Waals surface area contributed by atoms with E-state index in [9.17, 15) is 19.5 Å². The third kappa shape index (κ3) is 6.53. The molecule has 45 heavy (non-hydrogen) atoms. The number of rotatable bonds is 6. The average molecular weight is 613 g/mol. The fourth-order valence-electron chi connectivity index (χ4n) is 5.81. The van der Waals surface area contributed by atoms with Gasteiger partial charge < -0.3 is 24.7 Å². The Labute approximate surface area is 261 Å². The number of aromatic amines is 2. The zero-order chi connectivity index (χ0) is 32.4. The standard InChI is InChI=1S/C22H22N6O3.C12H18O2/c1-11-3-6-24-20(29)18(11)19-25-16-9-14-15(10-17(16)26-19)22(31)28(21(14)30)13-4-7-27(8-5-13)12(2)23;1-4-11(13)8-14-12-6-5-9(2)7-10(12)3/h3,6,9-10,13,23H,4-5,7-8H2,1-2H3,(H,24,29)(H,25,26);5-7,11,13H,4,8H2,1-3H3. The summed E-state index contributed by atoms with van der Waals surface area (Å²) in [4.78, 5) is 52.1. The van der Waals surface area contributed by atoms with Gasteiger partial charge in [0.05, 0.1) is 39.7 Å². The van der Waals surface area contributed by atoms with E-state index >= 15 is 0 Å². The molecule has 0 spiro atoms. The van der Waals surface area contributed by atoms with E-state index in [0.717, 1.165) is 23.3 Å². The van der Waals surface area contributed by atoms with Crippen molar-refractivity contribution in [3.8, 4) is 17.1 Å². The normalized spacial score (nSPS) is 15.6. The number of pyridine rings is 1. The van der Waals surface area contributed by atoms with Gasteiger partial charge in [-0.1, -0.05) is 24.6 Å². The number of piperidine rings is 1. The van der Waals surface area contributed by atoms with Crippen LogP contribution >= 0.6 is 0 Å². The first-order chi connectivity index (χ1) is 21.5. The minimum atomic E-state index is -0.365. The van der Waals surface area contributed by atoms with Crippen molar-refractivity contribution < 1.29 is 19.4 Å². The molecule has 2 amide bonds. The van der Waals surface area contributed by atoms with Gasteiger partial charge in [0, 0.05) is 25.3 Å². The van der Waals surface area contributed by atoms with Gasteiger partial charge in [-0.3, -0.25) is 24.7 Å². The molecular formula is C34H40N6O5. The molecule has 4 N–H and O–H groups in total. The van der Waals surface area contributed by atoms with Crippen molar-refractivity contribution >= 4 is 28.7 Å². The second-order valence-electron chi connectivity index (χ2n) is 11.8. The van der Waals surface area contributed by atoms with E-state index in [1.54, 1.807) is 31.3 Å². The highest BCUT2D eigenvalue weighted by Crippen LogP contribution is 2.32. The zero-order valence-corrected chi connectivity index (χ0v) is 26.4. The Morgan fingerprint density at radius 3 is 2.36 bits per heavy atom. The van der Waals surface area contributed by atoms with Gasteiger partial charge in [-0.25, -0.2) is 4.98 Å². The fourth-order valence-corrected chi connectivity index (χ4v) is 5.81. The number of hydrogen-bond acceptors (Lipinski definition) is 7. The summed E-state index contributed by atoms with van der Waals surface area (Å²) < 4.78 is 5.49. The molecule has 0 radical (unpaired) electrons. The molecule has 6 rings (SSSR count). The van der Waals surface area contributed by atoms with E-state index in [0.29, 0.717) is 71.9 Å². The average Bonchev–Trinajstić information content (AvgIpc) is 3.52. The summed E-state index contributed by atoms with van der Waals surface area (Å²) in [5, 5.41) is 17.1. The van der Waals surface area contributed by atoms with Gasteiger partial charge in [0.15, 0.2) is 0 Å². The summed E-state index contributed by atoms with van der Waals surface area (Å²) in [5.41, 5.74) is 5.15. The lowest BCUT2D eigenvalue weighted by atomic mass is 10.0. The maximum absolute atomic E-state index is 13.1. The molecule has 2 aromatic heterocycles. The van der Waals surface area contributed by atoms with Crippen LogP contribution in [-0.2, 0) is 0 Å². The molecule has 11 nitrogen and oxygen atoms in total. The number of nitrogens with zero attached hydrogens (tertiary/aromatic N) is 3. The molecule has 2 aliphatic heterocycles. The van der Waals surface area contributed by atoms with E-state index in [1.807, 2.05) is 37.8 Å². The number of carbonyl (C=O) groups is 2. The number of ether oxygens (including phenoxy) is 1. The number of amidine groups is 1. The smallest absolute Gasteiger partial charge is 0.261 e. The molecule has 2 aromatic carbocycles. The maximum atomic E-state index is 13.1. The zero-order valence-electron chi connectivity index (χ0n) is 26.4. The van der Waals surface area contributed by atoms with Crippen molar-refractivity contribution in [2.24, 2.45) is 0 Å². The van der Waals surface area contributed by atoms with Crippen LogP contribution in [0.2, 0.25) is 0 Å². The number of benzene rings is 2. The second-order valence-corrected chi connectivity index (χ2v) is 11.8. The Morgan fingerprint density at radius 2 is 1.73 bits per heavy atom. The summed E-state index contributed by atoms with van der Waals surface area (Å²) in [6.45, 7) is 11.3. The summed E-state index contributed by atoms with van der Waals surface area (Å²) in [7, 11) is 0. The van der Waals surface area contributed by atoms with Gasteiger partial charge in [-0.2, -0.15) is 0 Å². The van der Waals surface area contributed by atoms with Crippen LogP contribution < -0.4 is 10.3 Å². The largest absolute Gasteiger partial charge is 0.491 e. The van der Waals surface area contributed by atoms with Crippen LogP contribution in [0.4, 0.5) is 0 Å². The van der Waals surface area contributed by atoms with Crippen molar-refractivity contribution in [3.63, 3.8) is 0 Å². The predicted octanol–water partition coefficient (Wildman–Crippen LogP) is 4.74. The van der Waals surface area contributed by atoms with Crippen molar-refractivity contribution in [2.45, 2.75) is 66.0 Å². The Morgan fingerprint density at radius 1 is 1.04 bits per heavy atom. The minimum Gasteiger partial charge on any atom is -0.491 e. The Kier molecular flexibility index (Phi) is 9.19. The molecule has 4 aromatic rings. The van der Waals surface area contributed by atoms with E-state index in [4.69, 9.17) is 10.1 Å². The third-order valence-electron chi connectivity index (χ3n) is 8.46. The SMILES string of the molecule is CC(=N)N1CCC(N2C(=O)c3cc4nc(-c5c(C)cc[nH]c5=O)[nH]c4cc3C2=O)CC1.CCC(O)COc1ccc(C)cc1C. The first kappa shape index (κ1) is 31.6. The highest BCUT2D eigenvalue weighted by molar-refractivity contribution is 6.23. The van der Waals surface area contributed by atoms with Crippen molar-refractivity contribution in [2.75, 3.05) is 19.7 Å². The summed E-state index contributed by atoms with van der Waals surface area (Å²) in [5.74, 6) is 1.18. The van der Waals surface area contributed by atoms with Crippen LogP contribution in [0.25, 0.3) is 22.4 Å². The topological polar surface area (TPSA) is 155 Å². The molecule has 0 bridgehead atoms. The quantitative estimate of drug-likeness (QED) is 0.139. The molecule has 11 heteroatoms. The highest BCUT2D eigenvalue weighted by atomic mass is 16.5. The number of aryl methyl sites for hydroxylation is 3. The van der Waals surface area contributed by atoms with Gasteiger partial charge >= 0.3 is 0 Å². The molecular weight excluding hydrogens is 572 g/mol. The molecule has 236 valence electrons. The summed E-state index contributed by atoms with van der Waals surface area (Å²) in [6, 6.07) is 11.0. The number of imide groups is 1. The molecule has 1 fully saturated rings. The lowest BCUT2D eigenvalue weighted by Gasteiger charge is -2.36. The van der Waals surface area contributed by atoms with Crippen LogP contribution in [0, 0.1) is 26.2 Å². The number of H-pyrrole nitrogens is 2. The Balaban J connectivity index is 0.000000241. The number of hydrogen-bond donors (Lipinski definition) is 4. The number of fused-ring (bicyclic) bond motifs is 2. The molecule has 2 aliphatic rings. The fraction of sp³-hybridized carbons (Fsp3) is 0.382. The number of carbonyl (C=O) groups excluding carboxylic acids is 2. The van der Waals surface area contributed by atoms with Crippen molar-refractivity contribution in [3.05, 3.63) is 80.8 Å². The van der Waals surface area contributed by atoms with Gasteiger partial charge in [0.25, 0.3) is 17.4 Å². The van der Waals surface area contributed by atoms with Crippen LogP contribution in [0.3, 0.4) is 0 Å². The van der Waals surface area contributed by atoms with Crippen LogP contribution in [-0.4, -0.2) is 79.4 Å². The lowest BCUT2D eigenvalue weighted by molar-refractivity contribution is 0.0532. The van der Waals surface area contributed by atoms with Crippen molar-refractivity contribution in [1.82, 2.24) is 24.8 Å². The Bertz CT molecular complexity index is 1760. The number of aliphatic hydroxyl groups is 1. The second kappa shape index (κ2) is 13.1. The van der Waals surface area contributed by atoms with E-state index in [2.05, 4.69) is 27.9 Å². The van der Waals surface area contributed by atoms with Crippen LogP contribution in [0.1, 0.15) is 70.5 Å². The summed E-state index contributed by atoms with van der Waals surface area (Å²) in [6.07, 6.45) is 3.25. The molecule has 1 saturated heterocycles. The number of aliphatic hydroxyl groups excluding tert-OH is 1. The molecule has 1 unspecified atom stereocenters. The number of amides is 2. The highest BCUT2D eigenvalue weighted by Gasteiger charge is 2.41. The molecule has 0 aliphatic carbocycles. The van der Waals surface area contributed by atoms with Crippen LogP contribution in [0.5, 0.6) is 5.75 Å². The number of likely N-dealkylation sites (tertiary alicyclic amines) is 1. The van der Waals surface area contributed by atoms with E-state index < -0.39 is 0 Å². The monoisotopic (exact) mass is 612 g/mol. The van der Waals surface area contributed by atoms with E-state index in [1.165, 1.54) is 10.5 Å². The maximum Gasteiger partial charge on any atom is 0.261 e. The van der Waals surface area contributed by atoms with Crippen molar-refractivity contribution in [1.29, 1.82) is 5.41 Å². The number of nitrogens with one attached hydrogen (secondary N) is 3. The van der Waals surface area contributed by atoms with Gasteiger partial charge in [-0.05, 0) is 82.3 Å². The number of aromatic nitrogens is 3. The van der Waals surface area contributed by atoms with Gasteiger partial charge in [-0.15, -0.1) is 0 Å².